The summed E-state index contributed by atoms with van der Waals surface area (Å²) < 4.78 is 5.36. The molecule has 4 rings (SSSR count). The fraction of sp³-hybridized carbons (Fsp3) is 0.370. The molecule has 1 N–H and O–H groups in total. The molecule has 6 nitrogen and oxygen atoms in total. The third-order valence-electron chi connectivity index (χ3n) is 6.32. The minimum atomic E-state index is -0.169. The highest BCUT2D eigenvalue weighted by Crippen LogP contribution is 2.27. The maximum absolute atomic E-state index is 12.7. The summed E-state index contributed by atoms with van der Waals surface area (Å²) in [6.45, 7) is 7.46. The predicted molar refractivity (Wildman–Crippen MR) is 129 cm³/mol. The van der Waals surface area contributed by atoms with Gasteiger partial charge in [0.05, 0.1) is 18.4 Å². The van der Waals surface area contributed by atoms with Crippen LogP contribution in [0.4, 0.5) is 0 Å². The van der Waals surface area contributed by atoms with Crippen LogP contribution in [0.3, 0.4) is 0 Å². The Hall–Kier alpha value is -3.25. The van der Waals surface area contributed by atoms with Crippen molar-refractivity contribution in [2.45, 2.75) is 45.7 Å². The molecule has 0 radical (unpaired) electrons. The second-order valence-electron chi connectivity index (χ2n) is 8.76. The van der Waals surface area contributed by atoms with Crippen LogP contribution in [0.15, 0.2) is 54.7 Å². The molecule has 172 valence electrons. The van der Waals surface area contributed by atoms with E-state index in [9.17, 15) is 4.79 Å². The lowest BCUT2D eigenvalue weighted by Crippen LogP contribution is -2.33. The molecule has 1 saturated heterocycles. The van der Waals surface area contributed by atoms with Crippen molar-refractivity contribution in [1.29, 1.82) is 0 Å². The number of likely N-dealkylation sites (tertiary alicyclic amines) is 1. The number of hydrogen-bond donors (Lipinski definition) is 1. The largest absolute Gasteiger partial charge is 0.496 e. The number of carbonyl (C=O) groups excluding carboxylic acids is 1. The molecule has 33 heavy (non-hydrogen) atoms. The van der Waals surface area contributed by atoms with Gasteiger partial charge < -0.3 is 10.1 Å². The van der Waals surface area contributed by atoms with Crippen molar-refractivity contribution < 1.29 is 9.53 Å². The maximum atomic E-state index is 12.7. The summed E-state index contributed by atoms with van der Waals surface area (Å²) in [4.78, 5) is 24.5. The number of nitrogens with zero attached hydrogens (tertiary/aromatic N) is 3. The number of carbonyl (C=O) groups is 1. The number of piperidine rings is 1. The third kappa shape index (κ3) is 5.76. The van der Waals surface area contributed by atoms with Crippen LogP contribution in [0.25, 0.3) is 0 Å². The molecular weight excluding hydrogens is 412 g/mol. The Morgan fingerprint density at radius 2 is 1.91 bits per heavy atom. The van der Waals surface area contributed by atoms with Gasteiger partial charge >= 0.3 is 0 Å². The van der Waals surface area contributed by atoms with Gasteiger partial charge in [0.2, 0.25) is 0 Å². The summed E-state index contributed by atoms with van der Waals surface area (Å²) in [5.74, 6) is 1.78. The quantitative estimate of drug-likeness (QED) is 0.585. The molecule has 0 saturated carbocycles. The van der Waals surface area contributed by atoms with Crippen LogP contribution in [0, 0.1) is 13.8 Å². The Kier molecular flexibility index (Phi) is 7.35. The lowest BCUT2D eigenvalue weighted by Gasteiger charge is -2.31. The number of aromatic nitrogens is 2. The van der Waals surface area contributed by atoms with Gasteiger partial charge in [-0.3, -0.25) is 9.69 Å². The van der Waals surface area contributed by atoms with Crippen molar-refractivity contribution in [3.05, 3.63) is 88.5 Å². The minimum absolute atomic E-state index is 0.169. The molecule has 6 heteroatoms. The molecule has 1 aromatic heterocycles. The van der Waals surface area contributed by atoms with E-state index < -0.39 is 0 Å². The molecule has 2 aromatic carbocycles. The van der Waals surface area contributed by atoms with Gasteiger partial charge in [0.15, 0.2) is 0 Å². The fourth-order valence-electron chi connectivity index (χ4n) is 4.44. The predicted octanol–water partition coefficient (Wildman–Crippen LogP) is 4.41. The summed E-state index contributed by atoms with van der Waals surface area (Å²) >= 11 is 0. The molecule has 0 aliphatic carbocycles. The van der Waals surface area contributed by atoms with Crippen molar-refractivity contribution >= 4 is 5.91 Å². The average Bonchev–Trinajstić information content (AvgIpc) is 2.83. The Morgan fingerprint density at radius 1 is 1.12 bits per heavy atom. The standard InChI is InChI=1S/C27H32N4O2/c1-19-7-6-8-21(15-19)18-31-13-11-22(12-14-31)26-28-17-24(20(2)30-26)27(32)29-16-23-9-4-5-10-25(23)33-3/h4-10,15,17,22H,11-14,16,18H2,1-3H3,(H,29,32). The van der Waals surface area contributed by atoms with Crippen molar-refractivity contribution in [3.8, 4) is 5.75 Å². The SMILES string of the molecule is COc1ccccc1CNC(=O)c1cnc(C2CCN(Cc3cccc(C)c3)CC2)nc1C. The van der Waals surface area contributed by atoms with Crippen LogP contribution < -0.4 is 10.1 Å². The first kappa shape index (κ1) is 22.9. The molecule has 1 fully saturated rings. The molecule has 1 aliphatic rings. The highest BCUT2D eigenvalue weighted by molar-refractivity contribution is 5.94. The summed E-state index contributed by atoms with van der Waals surface area (Å²) in [5.41, 5.74) is 4.84. The van der Waals surface area contributed by atoms with Gasteiger partial charge in [-0.05, 0) is 51.4 Å². The molecule has 1 aliphatic heterocycles. The molecule has 0 bridgehead atoms. The van der Waals surface area contributed by atoms with Gasteiger partial charge in [-0.15, -0.1) is 0 Å². The number of aryl methyl sites for hydroxylation is 2. The van der Waals surface area contributed by atoms with Gasteiger partial charge in [0.1, 0.15) is 11.6 Å². The zero-order valence-electron chi connectivity index (χ0n) is 19.7. The highest BCUT2D eigenvalue weighted by atomic mass is 16.5. The second kappa shape index (κ2) is 10.6. The maximum Gasteiger partial charge on any atom is 0.254 e. The number of rotatable bonds is 7. The van der Waals surface area contributed by atoms with Crippen LogP contribution in [-0.4, -0.2) is 41.0 Å². The molecule has 1 amide bonds. The van der Waals surface area contributed by atoms with Crippen LogP contribution in [0.2, 0.25) is 0 Å². The van der Waals surface area contributed by atoms with E-state index in [4.69, 9.17) is 9.72 Å². The summed E-state index contributed by atoms with van der Waals surface area (Å²) in [5, 5.41) is 2.96. The van der Waals surface area contributed by atoms with Gasteiger partial charge in [-0.25, -0.2) is 9.97 Å². The summed E-state index contributed by atoms with van der Waals surface area (Å²) in [6.07, 6.45) is 3.74. The van der Waals surface area contributed by atoms with E-state index in [1.807, 2.05) is 31.2 Å². The Bertz CT molecular complexity index is 1110. The van der Waals surface area contributed by atoms with Gasteiger partial charge in [0, 0.05) is 30.8 Å². The average molecular weight is 445 g/mol. The Balaban J connectivity index is 1.33. The van der Waals surface area contributed by atoms with E-state index in [1.165, 1.54) is 11.1 Å². The number of hydrogen-bond acceptors (Lipinski definition) is 5. The zero-order chi connectivity index (χ0) is 23.2. The number of benzene rings is 2. The fourth-order valence-corrected chi connectivity index (χ4v) is 4.44. The Labute approximate surface area is 196 Å². The first-order valence-electron chi connectivity index (χ1n) is 11.5. The Morgan fingerprint density at radius 3 is 2.64 bits per heavy atom. The van der Waals surface area contributed by atoms with Gasteiger partial charge in [0.25, 0.3) is 5.91 Å². The van der Waals surface area contributed by atoms with Crippen molar-refractivity contribution in [1.82, 2.24) is 20.2 Å². The molecule has 2 heterocycles. The van der Waals surface area contributed by atoms with Crippen LogP contribution in [0.5, 0.6) is 5.75 Å². The normalized spacial score (nSPS) is 14.8. The van der Waals surface area contributed by atoms with E-state index in [1.54, 1.807) is 13.3 Å². The zero-order valence-corrected chi connectivity index (χ0v) is 19.7. The molecule has 3 aromatic rings. The number of methoxy groups -OCH3 is 1. The van der Waals surface area contributed by atoms with E-state index in [2.05, 4.69) is 46.4 Å². The topological polar surface area (TPSA) is 67.3 Å². The first-order chi connectivity index (χ1) is 16.0. The lowest BCUT2D eigenvalue weighted by molar-refractivity contribution is 0.0949. The van der Waals surface area contributed by atoms with Gasteiger partial charge in [-0.2, -0.15) is 0 Å². The number of ether oxygens (including phenoxy) is 1. The molecule has 0 atom stereocenters. The molecule has 0 spiro atoms. The first-order valence-corrected chi connectivity index (χ1v) is 11.5. The van der Waals surface area contributed by atoms with E-state index in [0.29, 0.717) is 18.0 Å². The van der Waals surface area contributed by atoms with Gasteiger partial charge in [-0.1, -0.05) is 48.0 Å². The van der Waals surface area contributed by atoms with Crippen molar-refractivity contribution in [2.24, 2.45) is 0 Å². The smallest absolute Gasteiger partial charge is 0.254 e. The monoisotopic (exact) mass is 444 g/mol. The molecule has 0 unspecified atom stereocenters. The third-order valence-corrected chi connectivity index (χ3v) is 6.32. The summed E-state index contributed by atoms with van der Waals surface area (Å²) in [6, 6.07) is 16.4. The van der Waals surface area contributed by atoms with E-state index in [-0.39, 0.29) is 5.91 Å². The number of nitrogens with one attached hydrogen (secondary N) is 1. The van der Waals surface area contributed by atoms with E-state index in [0.717, 1.165) is 55.3 Å². The highest BCUT2D eigenvalue weighted by Gasteiger charge is 2.24. The van der Waals surface area contributed by atoms with Crippen LogP contribution >= 0.6 is 0 Å². The lowest BCUT2D eigenvalue weighted by atomic mass is 9.95. The number of para-hydroxylation sites is 1. The van der Waals surface area contributed by atoms with Crippen molar-refractivity contribution in [3.63, 3.8) is 0 Å². The second-order valence-corrected chi connectivity index (χ2v) is 8.76. The van der Waals surface area contributed by atoms with E-state index >= 15 is 0 Å². The molecular formula is C27H32N4O2. The number of amides is 1. The van der Waals surface area contributed by atoms with Crippen LogP contribution in [0.1, 0.15) is 57.3 Å². The summed E-state index contributed by atoms with van der Waals surface area (Å²) in [7, 11) is 1.63. The minimum Gasteiger partial charge on any atom is -0.496 e. The van der Waals surface area contributed by atoms with Crippen LogP contribution in [-0.2, 0) is 13.1 Å². The van der Waals surface area contributed by atoms with Crippen molar-refractivity contribution in [2.75, 3.05) is 20.2 Å².